The zero-order valence-corrected chi connectivity index (χ0v) is 12.5. The van der Waals surface area contributed by atoms with E-state index in [1.165, 1.54) is 0 Å². The van der Waals surface area contributed by atoms with Crippen molar-refractivity contribution < 1.29 is 9.90 Å². The molecule has 0 bridgehead atoms. The molecule has 0 atom stereocenters. The Labute approximate surface area is 120 Å². The van der Waals surface area contributed by atoms with Gasteiger partial charge < -0.3 is 14.6 Å². The first kappa shape index (κ1) is 16.1. The molecule has 0 aromatic carbocycles. The van der Waals surface area contributed by atoms with Gasteiger partial charge in [0.15, 0.2) is 0 Å². The molecule has 0 radical (unpaired) electrons. The molecule has 19 heavy (non-hydrogen) atoms. The van der Waals surface area contributed by atoms with Crippen LogP contribution >= 0.6 is 11.6 Å². The van der Waals surface area contributed by atoms with Crippen LogP contribution in [0.5, 0.6) is 0 Å². The first-order valence-corrected chi connectivity index (χ1v) is 7.20. The predicted octanol–water partition coefficient (Wildman–Crippen LogP) is 2.79. The van der Waals surface area contributed by atoms with Gasteiger partial charge >= 0.3 is 0 Å². The molecule has 0 unspecified atom stereocenters. The second kappa shape index (κ2) is 8.23. The maximum Gasteiger partial charge on any atom is 0.270 e. The first-order chi connectivity index (χ1) is 9.10. The SMILES string of the molecule is CCCn1cc(Cl)cc1C(=O)N(C)CCCCCO. The van der Waals surface area contributed by atoms with Gasteiger partial charge in [0.05, 0.1) is 5.02 Å². The highest BCUT2D eigenvalue weighted by molar-refractivity contribution is 6.31. The highest BCUT2D eigenvalue weighted by Gasteiger charge is 2.16. The summed E-state index contributed by atoms with van der Waals surface area (Å²) in [5.74, 6) is 0.00403. The Bertz CT molecular complexity index is 404. The van der Waals surface area contributed by atoms with E-state index in [0.29, 0.717) is 17.3 Å². The number of hydrogen-bond acceptors (Lipinski definition) is 2. The Morgan fingerprint density at radius 1 is 1.42 bits per heavy atom. The largest absolute Gasteiger partial charge is 0.396 e. The molecule has 0 aliphatic rings. The van der Waals surface area contributed by atoms with Crippen LogP contribution in [0.4, 0.5) is 0 Å². The van der Waals surface area contributed by atoms with Gasteiger partial charge in [-0.15, -0.1) is 0 Å². The quantitative estimate of drug-likeness (QED) is 0.747. The van der Waals surface area contributed by atoms with Crippen molar-refractivity contribution in [2.75, 3.05) is 20.2 Å². The van der Waals surface area contributed by atoms with Gasteiger partial charge in [-0.05, 0) is 31.7 Å². The molecular formula is C14H23ClN2O2. The number of aliphatic hydroxyl groups excluding tert-OH is 1. The summed E-state index contributed by atoms with van der Waals surface area (Å²) in [6, 6.07) is 1.73. The minimum absolute atomic E-state index is 0.00403. The normalized spacial score (nSPS) is 10.7. The number of carbonyl (C=O) groups excluding carboxylic acids is 1. The number of rotatable bonds is 8. The van der Waals surface area contributed by atoms with Crippen LogP contribution in [0.2, 0.25) is 5.02 Å². The van der Waals surface area contributed by atoms with Crippen molar-refractivity contribution >= 4 is 17.5 Å². The average Bonchev–Trinajstić information content (AvgIpc) is 2.75. The highest BCUT2D eigenvalue weighted by Crippen LogP contribution is 2.16. The van der Waals surface area contributed by atoms with Gasteiger partial charge in [-0.2, -0.15) is 0 Å². The Morgan fingerprint density at radius 2 is 2.16 bits per heavy atom. The van der Waals surface area contributed by atoms with Crippen molar-refractivity contribution in [3.63, 3.8) is 0 Å². The number of aromatic nitrogens is 1. The lowest BCUT2D eigenvalue weighted by Gasteiger charge is -2.18. The number of halogens is 1. The van der Waals surface area contributed by atoms with Crippen LogP contribution < -0.4 is 0 Å². The zero-order valence-electron chi connectivity index (χ0n) is 11.7. The fraction of sp³-hybridized carbons (Fsp3) is 0.643. The van der Waals surface area contributed by atoms with E-state index in [4.69, 9.17) is 16.7 Å². The summed E-state index contributed by atoms with van der Waals surface area (Å²) in [5, 5.41) is 9.32. The molecule has 1 amide bonds. The Kier molecular flexibility index (Phi) is 6.95. The number of aliphatic hydroxyl groups is 1. The molecule has 0 aliphatic carbocycles. The van der Waals surface area contributed by atoms with Crippen LogP contribution in [0.1, 0.15) is 43.1 Å². The molecule has 4 nitrogen and oxygen atoms in total. The van der Waals surface area contributed by atoms with Gasteiger partial charge in [0.1, 0.15) is 5.69 Å². The molecule has 0 spiro atoms. The van der Waals surface area contributed by atoms with Crippen LogP contribution in [0.25, 0.3) is 0 Å². The van der Waals surface area contributed by atoms with Crippen molar-refractivity contribution in [2.24, 2.45) is 0 Å². The Hall–Kier alpha value is -1.00. The monoisotopic (exact) mass is 286 g/mol. The van der Waals surface area contributed by atoms with Crippen molar-refractivity contribution in [3.8, 4) is 0 Å². The lowest BCUT2D eigenvalue weighted by molar-refractivity contribution is 0.0781. The highest BCUT2D eigenvalue weighted by atomic mass is 35.5. The third-order valence-corrected chi connectivity index (χ3v) is 3.25. The average molecular weight is 287 g/mol. The molecular weight excluding hydrogens is 264 g/mol. The molecule has 1 aromatic rings. The lowest BCUT2D eigenvalue weighted by Crippen LogP contribution is -2.29. The third-order valence-electron chi connectivity index (χ3n) is 3.05. The van der Waals surface area contributed by atoms with Gasteiger partial charge in [0, 0.05) is 32.9 Å². The summed E-state index contributed by atoms with van der Waals surface area (Å²) >= 11 is 5.98. The summed E-state index contributed by atoms with van der Waals surface area (Å²) in [7, 11) is 1.80. The third kappa shape index (κ3) is 4.88. The van der Waals surface area contributed by atoms with E-state index in [9.17, 15) is 4.79 Å². The van der Waals surface area contributed by atoms with E-state index in [2.05, 4.69) is 6.92 Å². The summed E-state index contributed by atoms with van der Waals surface area (Å²) in [5.41, 5.74) is 0.650. The maximum absolute atomic E-state index is 12.3. The molecule has 1 rings (SSSR count). The summed E-state index contributed by atoms with van der Waals surface area (Å²) in [4.78, 5) is 14.0. The summed E-state index contributed by atoms with van der Waals surface area (Å²) < 4.78 is 1.91. The van der Waals surface area contributed by atoms with Gasteiger partial charge in [-0.25, -0.2) is 0 Å². The summed E-state index contributed by atoms with van der Waals surface area (Å²) in [6.45, 7) is 3.79. The standard InChI is InChI=1S/C14H23ClN2O2/c1-3-7-17-11-12(15)10-13(17)14(19)16(2)8-5-4-6-9-18/h10-11,18H,3-9H2,1-2H3. The van der Waals surface area contributed by atoms with E-state index < -0.39 is 0 Å². The second-order valence-corrected chi connectivity index (χ2v) is 5.18. The van der Waals surface area contributed by atoms with Crippen LogP contribution in [0.15, 0.2) is 12.3 Å². The van der Waals surface area contributed by atoms with Crippen molar-refractivity contribution in [2.45, 2.75) is 39.2 Å². The van der Waals surface area contributed by atoms with Crippen LogP contribution in [-0.2, 0) is 6.54 Å². The maximum atomic E-state index is 12.3. The van der Waals surface area contributed by atoms with Crippen LogP contribution in [-0.4, -0.2) is 40.7 Å². The van der Waals surface area contributed by atoms with Gasteiger partial charge in [-0.1, -0.05) is 18.5 Å². The van der Waals surface area contributed by atoms with Crippen LogP contribution in [0, 0.1) is 0 Å². The molecule has 1 aromatic heterocycles. The summed E-state index contributed by atoms with van der Waals surface area (Å²) in [6.07, 6.45) is 5.40. The van der Waals surface area contributed by atoms with E-state index in [-0.39, 0.29) is 12.5 Å². The van der Waals surface area contributed by atoms with Crippen molar-refractivity contribution in [1.82, 2.24) is 9.47 Å². The predicted molar refractivity (Wildman–Crippen MR) is 77.6 cm³/mol. The number of unbranched alkanes of at least 4 members (excludes halogenated alkanes) is 2. The molecule has 0 fully saturated rings. The van der Waals surface area contributed by atoms with E-state index in [1.54, 1.807) is 24.2 Å². The topological polar surface area (TPSA) is 45.5 Å². The molecule has 1 heterocycles. The fourth-order valence-electron chi connectivity index (χ4n) is 2.01. The van der Waals surface area contributed by atoms with E-state index in [1.807, 2.05) is 4.57 Å². The fourth-order valence-corrected chi connectivity index (χ4v) is 2.24. The zero-order chi connectivity index (χ0) is 14.3. The minimum Gasteiger partial charge on any atom is -0.396 e. The lowest BCUT2D eigenvalue weighted by atomic mass is 10.2. The van der Waals surface area contributed by atoms with Gasteiger partial charge in [0.25, 0.3) is 5.91 Å². The molecule has 0 saturated carbocycles. The van der Waals surface area contributed by atoms with Gasteiger partial charge in [-0.3, -0.25) is 4.79 Å². The minimum atomic E-state index is 0.00403. The molecule has 0 aliphatic heterocycles. The molecule has 0 saturated heterocycles. The Morgan fingerprint density at radius 3 is 2.79 bits per heavy atom. The van der Waals surface area contributed by atoms with E-state index >= 15 is 0 Å². The number of amides is 1. The molecule has 1 N–H and O–H groups in total. The van der Waals surface area contributed by atoms with Gasteiger partial charge in [0.2, 0.25) is 0 Å². The molecule has 108 valence electrons. The Balaban J connectivity index is 2.60. The number of aryl methyl sites for hydroxylation is 1. The van der Waals surface area contributed by atoms with Crippen molar-refractivity contribution in [3.05, 3.63) is 23.0 Å². The second-order valence-electron chi connectivity index (χ2n) is 4.75. The smallest absolute Gasteiger partial charge is 0.270 e. The first-order valence-electron chi connectivity index (χ1n) is 6.82. The number of nitrogens with zero attached hydrogens (tertiary/aromatic N) is 2. The molecule has 5 heteroatoms. The van der Waals surface area contributed by atoms with Crippen LogP contribution in [0.3, 0.4) is 0 Å². The van der Waals surface area contributed by atoms with Crippen molar-refractivity contribution in [1.29, 1.82) is 0 Å². The number of hydrogen-bond donors (Lipinski definition) is 1. The van der Waals surface area contributed by atoms with E-state index in [0.717, 1.165) is 32.2 Å². The number of carbonyl (C=O) groups is 1.